The third kappa shape index (κ3) is 5.60. The topological polar surface area (TPSA) is 76.0 Å². The van der Waals surface area contributed by atoms with E-state index in [4.69, 9.17) is 18.9 Å². The SMILES string of the molecule is CCOc1ccccc1OCC(=O)OCC(=O)c1cc(C)n(CCOC)c1C. The van der Waals surface area contributed by atoms with Crippen molar-refractivity contribution in [3.8, 4) is 11.5 Å². The number of rotatable bonds is 11. The zero-order valence-electron chi connectivity index (χ0n) is 16.8. The van der Waals surface area contributed by atoms with Crippen LogP contribution in [0.4, 0.5) is 0 Å². The number of carbonyl (C=O) groups excluding carboxylic acids is 2. The summed E-state index contributed by atoms with van der Waals surface area (Å²) in [6.07, 6.45) is 0. The zero-order chi connectivity index (χ0) is 20.5. The molecule has 0 saturated heterocycles. The highest BCUT2D eigenvalue weighted by molar-refractivity contribution is 5.99. The Morgan fingerprint density at radius 1 is 1.04 bits per heavy atom. The van der Waals surface area contributed by atoms with Gasteiger partial charge in [0, 0.05) is 30.6 Å². The van der Waals surface area contributed by atoms with Gasteiger partial charge in [0.25, 0.3) is 0 Å². The fraction of sp³-hybridized carbons (Fsp3) is 0.429. The largest absolute Gasteiger partial charge is 0.490 e. The highest BCUT2D eigenvalue weighted by atomic mass is 16.6. The Kier molecular flexibility index (Phi) is 8.07. The molecule has 0 aliphatic heterocycles. The molecule has 28 heavy (non-hydrogen) atoms. The average molecular weight is 389 g/mol. The molecule has 1 aromatic carbocycles. The van der Waals surface area contributed by atoms with Crippen LogP contribution in [0, 0.1) is 13.8 Å². The molecule has 0 fully saturated rings. The summed E-state index contributed by atoms with van der Waals surface area (Å²) in [4.78, 5) is 24.4. The summed E-state index contributed by atoms with van der Waals surface area (Å²) in [5.74, 6) is 0.138. The number of nitrogens with zero attached hydrogens (tertiary/aromatic N) is 1. The molecule has 0 aliphatic rings. The molecule has 0 radical (unpaired) electrons. The number of ketones is 1. The van der Waals surface area contributed by atoms with Crippen molar-refractivity contribution in [3.63, 3.8) is 0 Å². The lowest BCUT2D eigenvalue weighted by molar-refractivity contribution is -0.144. The molecule has 0 unspecified atom stereocenters. The van der Waals surface area contributed by atoms with Gasteiger partial charge in [-0.2, -0.15) is 0 Å². The van der Waals surface area contributed by atoms with Crippen LogP contribution >= 0.6 is 0 Å². The second kappa shape index (κ2) is 10.5. The molecule has 0 amide bonds. The third-order valence-electron chi connectivity index (χ3n) is 4.25. The number of esters is 1. The second-order valence-electron chi connectivity index (χ2n) is 6.18. The summed E-state index contributed by atoms with van der Waals surface area (Å²) in [6, 6.07) is 8.87. The van der Waals surface area contributed by atoms with E-state index in [-0.39, 0.29) is 19.0 Å². The van der Waals surface area contributed by atoms with Gasteiger partial charge in [0.1, 0.15) is 0 Å². The summed E-state index contributed by atoms with van der Waals surface area (Å²) >= 11 is 0. The molecule has 0 bridgehead atoms. The van der Waals surface area contributed by atoms with Crippen molar-refractivity contribution < 1.29 is 28.5 Å². The van der Waals surface area contributed by atoms with Gasteiger partial charge in [-0.05, 0) is 39.0 Å². The first kappa shape index (κ1) is 21.5. The Morgan fingerprint density at radius 3 is 2.36 bits per heavy atom. The Bertz CT molecular complexity index is 811. The maximum atomic E-state index is 12.4. The first-order valence-corrected chi connectivity index (χ1v) is 9.17. The van der Waals surface area contributed by atoms with E-state index in [1.807, 2.05) is 31.4 Å². The van der Waals surface area contributed by atoms with Crippen LogP contribution in [0.15, 0.2) is 30.3 Å². The maximum Gasteiger partial charge on any atom is 0.344 e. The summed E-state index contributed by atoms with van der Waals surface area (Å²) in [5, 5.41) is 0. The molecule has 152 valence electrons. The van der Waals surface area contributed by atoms with Crippen molar-refractivity contribution in [2.75, 3.05) is 33.5 Å². The number of benzene rings is 1. The van der Waals surface area contributed by atoms with Gasteiger partial charge in [-0.1, -0.05) is 12.1 Å². The minimum Gasteiger partial charge on any atom is -0.490 e. The molecular formula is C21H27NO6. The van der Waals surface area contributed by atoms with E-state index in [1.165, 1.54) is 0 Å². The van der Waals surface area contributed by atoms with Crippen molar-refractivity contribution >= 4 is 11.8 Å². The Morgan fingerprint density at radius 2 is 1.71 bits per heavy atom. The number of Topliss-reactive ketones (excluding diaryl/α,β-unsaturated/α-hetero) is 1. The van der Waals surface area contributed by atoms with Crippen LogP contribution in [0.25, 0.3) is 0 Å². The van der Waals surface area contributed by atoms with Crippen LogP contribution in [0.2, 0.25) is 0 Å². The minimum atomic E-state index is -0.618. The minimum absolute atomic E-state index is 0.250. The molecule has 0 spiro atoms. The average Bonchev–Trinajstić information content (AvgIpc) is 2.97. The lowest BCUT2D eigenvalue weighted by Gasteiger charge is -2.11. The predicted molar refractivity (Wildman–Crippen MR) is 104 cm³/mol. The monoisotopic (exact) mass is 389 g/mol. The van der Waals surface area contributed by atoms with E-state index in [1.54, 1.807) is 31.4 Å². The quantitative estimate of drug-likeness (QED) is 0.434. The Balaban J connectivity index is 1.88. The molecule has 0 atom stereocenters. The van der Waals surface area contributed by atoms with Crippen LogP contribution in [0.3, 0.4) is 0 Å². The lowest BCUT2D eigenvalue weighted by atomic mass is 10.1. The number of aryl methyl sites for hydroxylation is 1. The van der Waals surface area contributed by atoms with Crippen LogP contribution in [-0.2, 0) is 20.8 Å². The van der Waals surface area contributed by atoms with Gasteiger partial charge in [0.2, 0.25) is 5.78 Å². The molecular weight excluding hydrogens is 362 g/mol. The number of carbonyl (C=O) groups is 2. The van der Waals surface area contributed by atoms with Crippen molar-refractivity contribution in [1.82, 2.24) is 4.57 Å². The number of methoxy groups -OCH3 is 1. The van der Waals surface area contributed by atoms with E-state index in [9.17, 15) is 9.59 Å². The van der Waals surface area contributed by atoms with Crippen molar-refractivity contribution in [2.24, 2.45) is 0 Å². The van der Waals surface area contributed by atoms with Crippen LogP contribution < -0.4 is 9.47 Å². The van der Waals surface area contributed by atoms with Crippen molar-refractivity contribution in [3.05, 3.63) is 47.3 Å². The molecule has 0 N–H and O–H groups in total. The third-order valence-corrected chi connectivity index (χ3v) is 4.25. The maximum absolute atomic E-state index is 12.4. The fourth-order valence-electron chi connectivity index (χ4n) is 2.86. The number of para-hydroxylation sites is 2. The molecule has 7 nitrogen and oxygen atoms in total. The van der Waals surface area contributed by atoms with Crippen molar-refractivity contribution in [2.45, 2.75) is 27.3 Å². The first-order chi connectivity index (χ1) is 13.5. The summed E-state index contributed by atoms with van der Waals surface area (Å²) < 4.78 is 23.1. The summed E-state index contributed by atoms with van der Waals surface area (Å²) in [5.41, 5.74) is 2.33. The number of hydrogen-bond acceptors (Lipinski definition) is 6. The lowest BCUT2D eigenvalue weighted by Crippen LogP contribution is -2.20. The molecule has 7 heteroatoms. The van der Waals surface area contributed by atoms with Gasteiger partial charge in [-0.15, -0.1) is 0 Å². The highest BCUT2D eigenvalue weighted by Gasteiger charge is 2.17. The van der Waals surface area contributed by atoms with Gasteiger partial charge in [0.15, 0.2) is 24.7 Å². The van der Waals surface area contributed by atoms with Crippen molar-refractivity contribution in [1.29, 1.82) is 0 Å². The molecule has 0 aliphatic carbocycles. The van der Waals surface area contributed by atoms with Crippen LogP contribution in [-0.4, -0.2) is 49.9 Å². The first-order valence-electron chi connectivity index (χ1n) is 9.17. The summed E-state index contributed by atoms with van der Waals surface area (Å²) in [7, 11) is 1.63. The number of hydrogen-bond donors (Lipinski definition) is 0. The van der Waals surface area contributed by atoms with Crippen LogP contribution in [0.1, 0.15) is 28.7 Å². The smallest absolute Gasteiger partial charge is 0.344 e. The molecule has 0 saturated carbocycles. The normalized spacial score (nSPS) is 10.6. The van der Waals surface area contributed by atoms with E-state index in [0.29, 0.717) is 36.8 Å². The standard InChI is InChI=1S/C21H27NO6/c1-5-26-19-8-6-7-9-20(19)27-14-21(24)28-13-18(23)17-12-15(2)22(16(17)3)10-11-25-4/h6-9,12H,5,10-11,13-14H2,1-4H3. The van der Waals surface area contributed by atoms with Crippen LogP contribution in [0.5, 0.6) is 11.5 Å². The predicted octanol–water partition coefficient (Wildman–Crippen LogP) is 2.95. The van der Waals surface area contributed by atoms with Gasteiger partial charge >= 0.3 is 5.97 Å². The molecule has 1 aromatic heterocycles. The van der Waals surface area contributed by atoms with Gasteiger partial charge < -0.3 is 23.5 Å². The molecule has 2 aromatic rings. The van der Waals surface area contributed by atoms with Gasteiger partial charge in [-0.3, -0.25) is 4.79 Å². The van der Waals surface area contributed by atoms with Gasteiger partial charge in [0.05, 0.1) is 13.2 Å². The van der Waals surface area contributed by atoms with E-state index in [0.717, 1.165) is 11.4 Å². The Labute approximate surface area is 165 Å². The van der Waals surface area contributed by atoms with E-state index < -0.39 is 5.97 Å². The highest BCUT2D eigenvalue weighted by Crippen LogP contribution is 2.26. The number of ether oxygens (including phenoxy) is 4. The number of aromatic nitrogens is 1. The van der Waals surface area contributed by atoms with E-state index in [2.05, 4.69) is 0 Å². The zero-order valence-corrected chi connectivity index (χ0v) is 16.8. The Hall–Kier alpha value is -2.80. The fourth-order valence-corrected chi connectivity index (χ4v) is 2.86. The second-order valence-corrected chi connectivity index (χ2v) is 6.18. The van der Waals surface area contributed by atoms with Gasteiger partial charge in [-0.25, -0.2) is 4.79 Å². The van der Waals surface area contributed by atoms with E-state index >= 15 is 0 Å². The summed E-state index contributed by atoms with van der Waals surface area (Å²) in [6.45, 7) is 6.73. The molecule has 2 rings (SSSR count). The molecule has 1 heterocycles.